The number of carboxylic acid groups (broad SMARTS) is 1. The maximum absolute atomic E-state index is 12.7. The number of carbonyl (C=O) groups is 1. The molecule has 144 valence electrons. The molecule has 0 atom stereocenters. The summed E-state index contributed by atoms with van der Waals surface area (Å²) in [6, 6.07) is 13.0. The Hall–Kier alpha value is -2.09. The van der Waals surface area contributed by atoms with E-state index in [9.17, 15) is 18.3 Å². The summed E-state index contributed by atoms with van der Waals surface area (Å²) in [4.78, 5) is 11.1. The van der Waals surface area contributed by atoms with Crippen LogP contribution in [0.4, 0.5) is 0 Å². The van der Waals surface area contributed by atoms with Gasteiger partial charge in [-0.05, 0) is 56.0 Å². The van der Waals surface area contributed by atoms with Crippen LogP contribution in [0.2, 0.25) is 5.02 Å². The van der Waals surface area contributed by atoms with Crippen LogP contribution in [0.15, 0.2) is 53.4 Å². The zero-order valence-corrected chi connectivity index (χ0v) is 16.0. The summed E-state index contributed by atoms with van der Waals surface area (Å²) in [7, 11) is -3.96. The van der Waals surface area contributed by atoms with Gasteiger partial charge in [-0.1, -0.05) is 29.8 Å². The first-order valence-corrected chi connectivity index (χ1v) is 10.5. The van der Waals surface area contributed by atoms with Gasteiger partial charge in [0, 0.05) is 11.1 Å². The van der Waals surface area contributed by atoms with Gasteiger partial charge in [0.15, 0.2) is 0 Å². The number of aromatic carboxylic acids is 1. The molecular formula is C19H20ClNO5S. The third-order valence-corrected chi connectivity index (χ3v) is 6.32. The molecule has 0 bridgehead atoms. The Morgan fingerprint density at radius 3 is 2.37 bits per heavy atom. The van der Waals surface area contributed by atoms with Crippen molar-refractivity contribution < 1.29 is 23.1 Å². The van der Waals surface area contributed by atoms with Gasteiger partial charge in [0.25, 0.3) is 0 Å². The molecule has 0 saturated heterocycles. The van der Waals surface area contributed by atoms with Crippen molar-refractivity contribution >= 4 is 27.6 Å². The SMILES string of the molecule is O=C(O)c1cc(Cl)ccc1S(=O)(=O)NC1CCC(Oc2ccccc2)CC1. The standard InChI is InChI=1S/C19H20ClNO5S/c20-13-6-11-18(17(12-13)19(22)23)27(24,25)21-14-7-9-16(10-8-14)26-15-4-2-1-3-5-15/h1-6,11-12,14,16,21H,7-10H2,(H,22,23). The number of nitrogens with one attached hydrogen (secondary N) is 1. The number of ether oxygens (including phenoxy) is 1. The highest BCUT2D eigenvalue weighted by Crippen LogP contribution is 2.26. The van der Waals surface area contributed by atoms with E-state index in [0.29, 0.717) is 25.7 Å². The second kappa shape index (κ2) is 8.29. The van der Waals surface area contributed by atoms with Gasteiger partial charge < -0.3 is 9.84 Å². The van der Waals surface area contributed by atoms with E-state index in [1.807, 2.05) is 30.3 Å². The Labute approximate surface area is 163 Å². The van der Waals surface area contributed by atoms with Crippen LogP contribution < -0.4 is 9.46 Å². The molecule has 2 aromatic carbocycles. The van der Waals surface area contributed by atoms with Crippen LogP contribution in [0.5, 0.6) is 5.75 Å². The molecular weight excluding hydrogens is 390 g/mol. The number of benzene rings is 2. The molecule has 1 saturated carbocycles. The number of para-hydroxylation sites is 1. The van der Waals surface area contributed by atoms with Crippen molar-refractivity contribution in [2.45, 2.75) is 42.7 Å². The van der Waals surface area contributed by atoms with E-state index in [-0.39, 0.29) is 27.6 Å². The van der Waals surface area contributed by atoms with Gasteiger partial charge in [-0.3, -0.25) is 0 Å². The van der Waals surface area contributed by atoms with E-state index in [1.165, 1.54) is 12.1 Å². The van der Waals surface area contributed by atoms with Crippen LogP contribution in [-0.2, 0) is 10.0 Å². The van der Waals surface area contributed by atoms with Gasteiger partial charge in [-0.25, -0.2) is 17.9 Å². The molecule has 0 spiro atoms. The van der Waals surface area contributed by atoms with Crippen LogP contribution in [0.25, 0.3) is 0 Å². The van der Waals surface area contributed by atoms with E-state index < -0.39 is 16.0 Å². The molecule has 0 aromatic heterocycles. The molecule has 27 heavy (non-hydrogen) atoms. The zero-order valence-electron chi connectivity index (χ0n) is 14.5. The summed E-state index contributed by atoms with van der Waals surface area (Å²) in [5, 5.41) is 9.44. The predicted octanol–water partition coefficient (Wildman–Crippen LogP) is 3.71. The molecule has 1 aliphatic carbocycles. The van der Waals surface area contributed by atoms with E-state index in [0.717, 1.165) is 11.8 Å². The summed E-state index contributed by atoms with van der Waals surface area (Å²) < 4.78 is 33.9. The molecule has 6 nitrogen and oxygen atoms in total. The highest BCUT2D eigenvalue weighted by Gasteiger charge is 2.29. The lowest BCUT2D eigenvalue weighted by atomic mass is 9.94. The minimum absolute atomic E-state index is 0.0401. The second-order valence-electron chi connectivity index (χ2n) is 6.47. The predicted molar refractivity (Wildman–Crippen MR) is 102 cm³/mol. The van der Waals surface area contributed by atoms with Crippen molar-refractivity contribution in [1.82, 2.24) is 4.72 Å². The zero-order chi connectivity index (χ0) is 19.4. The Balaban J connectivity index is 1.64. The van der Waals surface area contributed by atoms with Gasteiger partial charge in [0.05, 0.1) is 16.6 Å². The van der Waals surface area contributed by atoms with E-state index in [4.69, 9.17) is 16.3 Å². The summed E-state index contributed by atoms with van der Waals surface area (Å²) in [6.45, 7) is 0. The first-order chi connectivity index (χ1) is 12.8. The van der Waals surface area contributed by atoms with Crippen molar-refractivity contribution in [1.29, 1.82) is 0 Å². The van der Waals surface area contributed by atoms with E-state index in [1.54, 1.807) is 0 Å². The second-order valence-corrected chi connectivity index (χ2v) is 8.59. The Morgan fingerprint density at radius 2 is 1.74 bits per heavy atom. The normalized spacial score (nSPS) is 20.2. The van der Waals surface area contributed by atoms with Gasteiger partial charge in [0.2, 0.25) is 10.0 Å². The minimum Gasteiger partial charge on any atom is -0.490 e. The monoisotopic (exact) mass is 409 g/mol. The maximum Gasteiger partial charge on any atom is 0.337 e. The third kappa shape index (κ3) is 5.00. The maximum atomic E-state index is 12.7. The first-order valence-electron chi connectivity index (χ1n) is 8.62. The summed E-state index contributed by atoms with van der Waals surface area (Å²) in [6.07, 6.45) is 2.71. The summed E-state index contributed by atoms with van der Waals surface area (Å²) >= 11 is 5.79. The quantitative estimate of drug-likeness (QED) is 0.758. The number of halogens is 1. The molecule has 3 rings (SSSR count). The van der Waals surface area contributed by atoms with Crippen molar-refractivity contribution in [2.75, 3.05) is 0 Å². The van der Waals surface area contributed by atoms with Crippen LogP contribution in [0.1, 0.15) is 36.0 Å². The largest absolute Gasteiger partial charge is 0.490 e. The lowest BCUT2D eigenvalue weighted by molar-refractivity contribution is 0.0692. The van der Waals surface area contributed by atoms with Crippen molar-refractivity contribution in [3.63, 3.8) is 0 Å². The Morgan fingerprint density at radius 1 is 1.07 bits per heavy atom. The van der Waals surface area contributed by atoms with Gasteiger partial charge in [-0.2, -0.15) is 0 Å². The fourth-order valence-electron chi connectivity index (χ4n) is 3.18. The number of rotatable bonds is 6. The highest BCUT2D eigenvalue weighted by molar-refractivity contribution is 7.89. The van der Waals surface area contributed by atoms with Crippen molar-refractivity contribution in [3.8, 4) is 5.75 Å². The fourth-order valence-corrected chi connectivity index (χ4v) is 4.83. The molecule has 8 heteroatoms. The van der Waals surface area contributed by atoms with Gasteiger partial charge in [-0.15, -0.1) is 0 Å². The molecule has 0 radical (unpaired) electrons. The van der Waals surface area contributed by atoms with Crippen LogP contribution in [0, 0.1) is 0 Å². The van der Waals surface area contributed by atoms with Crippen LogP contribution >= 0.6 is 11.6 Å². The highest BCUT2D eigenvalue weighted by atomic mass is 35.5. The molecule has 1 aliphatic rings. The molecule has 0 unspecified atom stereocenters. The molecule has 2 N–H and O–H groups in total. The van der Waals surface area contributed by atoms with Gasteiger partial charge in [0.1, 0.15) is 5.75 Å². The summed E-state index contributed by atoms with van der Waals surface area (Å²) in [5.41, 5.74) is -0.337. The molecule has 1 fully saturated rings. The smallest absolute Gasteiger partial charge is 0.337 e. The Bertz CT molecular complexity index is 909. The number of carboxylic acids is 1. The molecule has 0 amide bonds. The van der Waals surface area contributed by atoms with Crippen molar-refractivity contribution in [3.05, 3.63) is 59.1 Å². The number of hydrogen-bond acceptors (Lipinski definition) is 4. The molecule has 2 aromatic rings. The van der Waals surface area contributed by atoms with Gasteiger partial charge >= 0.3 is 5.97 Å². The number of sulfonamides is 1. The van der Waals surface area contributed by atoms with Crippen molar-refractivity contribution in [2.24, 2.45) is 0 Å². The first kappa shape index (κ1) is 19.7. The topological polar surface area (TPSA) is 92.7 Å². The van der Waals surface area contributed by atoms with E-state index in [2.05, 4.69) is 4.72 Å². The number of hydrogen-bond donors (Lipinski definition) is 2. The molecule has 0 aliphatic heterocycles. The lowest BCUT2D eigenvalue weighted by Gasteiger charge is -2.29. The van der Waals surface area contributed by atoms with Crippen LogP contribution in [0.3, 0.4) is 0 Å². The fraction of sp³-hybridized carbons (Fsp3) is 0.316. The molecule has 0 heterocycles. The van der Waals surface area contributed by atoms with Crippen LogP contribution in [-0.4, -0.2) is 31.6 Å². The minimum atomic E-state index is -3.96. The summed E-state index contributed by atoms with van der Waals surface area (Å²) in [5.74, 6) is -0.536. The average molecular weight is 410 g/mol. The lowest BCUT2D eigenvalue weighted by Crippen LogP contribution is -2.40. The van der Waals surface area contributed by atoms with E-state index >= 15 is 0 Å². The Kier molecular flexibility index (Phi) is 6.04. The average Bonchev–Trinajstić information content (AvgIpc) is 2.63. The third-order valence-electron chi connectivity index (χ3n) is 4.50.